The third-order valence-corrected chi connectivity index (χ3v) is 17.2. The van der Waals surface area contributed by atoms with Crippen molar-refractivity contribution in [3.63, 3.8) is 0 Å². The number of carbonyl (C=O) groups excluding carboxylic acids is 4. The van der Waals surface area contributed by atoms with Crippen LogP contribution < -0.4 is 24.5 Å². The number of rotatable bonds is 30. The number of fused-ring (bicyclic) bond motifs is 2. The van der Waals surface area contributed by atoms with Crippen LogP contribution in [0.15, 0.2) is 36.9 Å². The molecule has 6 heterocycles. The van der Waals surface area contributed by atoms with E-state index in [1.165, 1.54) is 34.8 Å². The zero-order chi connectivity index (χ0) is 70.7. The lowest BCUT2D eigenvalue weighted by molar-refractivity contribution is -0.150. The molecule has 2 fully saturated rings. The number of carbonyl (C=O) groups is 4. The molecule has 0 spiro atoms. The van der Waals surface area contributed by atoms with Crippen LogP contribution in [0.3, 0.4) is 0 Å². The van der Waals surface area contributed by atoms with Crippen molar-refractivity contribution in [1.29, 1.82) is 0 Å². The van der Waals surface area contributed by atoms with E-state index in [-0.39, 0.29) is 42.2 Å². The van der Waals surface area contributed by atoms with E-state index in [1.54, 1.807) is 112 Å². The predicted molar refractivity (Wildman–Crippen MR) is 339 cm³/mol. The summed E-state index contributed by atoms with van der Waals surface area (Å²) >= 11 is 0. The summed E-state index contributed by atoms with van der Waals surface area (Å²) in [5.74, 6) is 3.69. The number of benzene rings is 1. The summed E-state index contributed by atoms with van der Waals surface area (Å²) in [6, 6.07) is 3.97. The number of aryl methyl sites for hydroxylation is 3. The molecule has 0 bridgehead atoms. The van der Waals surface area contributed by atoms with E-state index in [1.807, 2.05) is 25.7 Å². The van der Waals surface area contributed by atoms with Crippen LogP contribution in [0.2, 0.25) is 0 Å². The molecule has 35 heteroatoms. The van der Waals surface area contributed by atoms with Crippen LogP contribution in [0.5, 0.6) is 5.75 Å². The Bertz CT molecular complexity index is 3700. The van der Waals surface area contributed by atoms with Crippen molar-refractivity contribution in [2.24, 2.45) is 5.92 Å². The molecular formula is C60H84F2N12O19P2. The van der Waals surface area contributed by atoms with Crippen molar-refractivity contribution in [3.8, 4) is 30.4 Å². The molecule has 31 nitrogen and oxygen atoms in total. The Labute approximate surface area is 548 Å². The molecule has 0 aliphatic carbocycles. The fourth-order valence-corrected chi connectivity index (χ4v) is 12.5. The fourth-order valence-electron chi connectivity index (χ4n) is 9.60. The molecule has 2 aliphatic rings. The topological polar surface area (TPSA) is 373 Å². The first-order valence-corrected chi connectivity index (χ1v) is 33.2. The number of terminal acetylenes is 2. The first kappa shape index (κ1) is 76.7. The number of imidazole rings is 2. The van der Waals surface area contributed by atoms with Crippen molar-refractivity contribution >= 4 is 73.3 Å². The first-order chi connectivity index (χ1) is 44.5. The summed E-state index contributed by atoms with van der Waals surface area (Å²) in [7, 11) is -2.10. The molecule has 0 radical (unpaired) electrons. The molecule has 2 unspecified atom stereocenters. The monoisotopic (exact) mass is 1380 g/mol. The number of esters is 2. The number of hydrogen-bond donors (Lipinski definition) is 5. The van der Waals surface area contributed by atoms with Crippen LogP contribution in [-0.2, 0) is 71.9 Å². The number of aliphatic hydroxyl groups excluding tert-OH is 3. The van der Waals surface area contributed by atoms with Gasteiger partial charge in [-0.1, -0.05) is 43.9 Å². The van der Waals surface area contributed by atoms with Gasteiger partial charge in [-0.25, -0.2) is 57.7 Å². The van der Waals surface area contributed by atoms with E-state index < -0.39 is 145 Å². The van der Waals surface area contributed by atoms with Crippen molar-refractivity contribution in [1.82, 2.24) is 49.2 Å². The highest BCUT2D eigenvalue weighted by Crippen LogP contribution is 2.51. The standard InChI is InChI=1S/C31H40FN6O9P.C29H44FN6O10P/c1-8-31(32)26(41)24(46-30(31)38-17-33-25-27(37(6)7)34-20(5)35-28(25)38)16-44-48(43,36-19(4)29(42)45-18(2)3)47-23-12-10-9-11-21(23)13-14-22(40)15-39;1-11-29(30)23(37)21(46-27(29)36-14-31-22-24(35(9)10)32-19(8)33-25(22)36)13-42-47(40,43-15-41-28(39)45-18(6)7)34-20(12-16(2)3)26(38)44-17(4)5/h1,9-12,17-19,24,26,30,39,41H,13-16H2,2-7H3,(H,36,43);1,14,16-18,20-21,23,27,37H,12-13,15H2,2-10H3,(H,34,40)/t19-,24+,26+,30+,31+,48?;20-,21+,23+,27+,29+,47?/m00/s1. The molecule has 95 heavy (non-hydrogen) atoms. The third-order valence-electron chi connectivity index (χ3n) is 14.0. The number of hydrogen-bond acceptors (Lipinski definition) is 27. The van der Waals surface area contributed by atoms with Crippen molar-refractivity contribution < 1.29 is 98.9 Å². The smallest absolute Gasteiger partial charge is 0.462 e. The van der Waals surface area contributed by atoms with Gasteiger partial charge in [0.1, 0.15) is 60.5 Å². The Balaban J connectivity index is 0.000000301. The van der Waals surface area contributed by atoms with E-state index in [0.717, 1.165) is 0 Å². The molecule has 5 aromatic rings. The van der Waals surface area contributed by atoms with Crippen LogP contribution in [0.1, 0.15) is 105 Å². The minimum Gasteiger partial charge on any atom is -0.462 e. The highest BCUT2D eigenvalue weighted by molar-refractivity contribution is 7.52. The lowest BCUT2D eigenvalue weighted by Gasteiger charge is -2.27. The summed E-state index contributed by atoms with van der Waals surface area (Å²) in [5, 5.41) is 36.4. The second-order valence-corrected chi connectivity index (χ2v) is 27.3. The van der Waals surface area contributed by atoms with Gasteiger partial charge in [-0.15, -0.1) is 12.8 Å². The maximum absolute atomic E-state index is 16.4. The lowest BCUT2D eigenvalue weighted by Crippen LogP contribution is -2.43. The molecule has 7 rings (SSSR count). The van der Waals surface area contributed by atoms with Crippen LogP contribution in [0, 0.1) is 44.5 Å². The average molecular weight is 1380 g/mol. The number of nitrogens with one attached hydrogen (secondary N) is 2. The summed E-state index contributed by atoms with van der Waals surface area (Å²) in [5.41, 5.74) is -4.10. The van der Waals surface area contributed by atoms with Crippen molar-refractivity contribution in [3.05, 3.63) is 54.1 Å². The largest absolute Gasteiger partial charge is 0.510 e. The molecule has 5 N–H and O–H groups in total. The van der Waals surface area contributed by atoms with Crippen LogP contribution >= 0.6 is 15.5 Å². The number of Topliss-reactive ketones (excluding diaryl/α,β-unsaturated/α-hetero) is 1. The Kier molecular flexibility index (Phi) is 26.3. The van der Waals surface area contributed by atoms with E-state index in [0.29, 0.717) is 39.9 Å². The zero-order valence-electron chi connectivity index (χ0n) is 55.5. The summed E-state index contributed by atoms with van der Waals surface area (Å²) < 4.78 is 118. The molecule has 2 saturated heterocycles. The van der Waals surface area contributed by atoms with Gasteiger partial charge in [-0.3, -0.25) is 37.1 Å². The summed E-state index contributed by atoms with van der Waals surface area (Å²) in [6.07, 6.45) is 1.18. The van der Waals surface area contributed by atoms with Gasteiger partial charge in [0.05, 0.1) is 44.2 Å². The number of ketones is 1. The second-order valence-electron chi connectivity index (χ2n) is 23.8. The van der Waals surface area contributed by atoms with Gasteiger partial charge in [0.25, 0.3) is 0 Å². The molecule has 522 valence electrons. The Morgan fingerprint density at radius 2 is 1.18 bits per heavy atom. The van der Waals surface area contributed by atoms with E-state index in [9.17, 15) is 38.5 Å². The van der Waals surface area contributed by atoms with Crippen LogP contribution in [0.25, 0.3) is 22.3 Å². The molecule has 12 atom stereocenters. The molecule has 4 aromatic heterocycles. The van der Waals surface area contributed by atoms with Crippen LogP contribution in [-0.4, -0.2) is 199 Å². The normalized spacial score (nSPS) is 22.9. The van der Waals surface area contributed by atoms with Gasteiger partial charge in [0.2, 0.25) is 18.1 Å². The highest BCUT2D eigenvalue weighted by atomic mass is 31.2. The number of anilines is 2. The first-order valence-electron chi connectivity index (χ1n) is 30.1. The highest BCUT2D eigenvalue weighted by Gasteiger charge is 2.60. The molecule has 1 aromatic carbocycles. The van der Waals surface area contributed by atoms with Gasteiger partial charge < -0.3 is 58.1 Å². The molecule has 0 saturated carbocycles. The van der Waals surface area contributed by atoms with Crippen molar-refractivity contribution in [2.75, 3.05) is 64.6 Å². The number of alkyl halides is 2. The van der Waals surface area contributed by atoms with Crippen molar-refractivity contribution in [2.45, 2.75) is 174 Å². The number of halogens is 2. The van der Waals surface area contributed by atoms with Gasteiger partial charge in [-0.05, 0) is 92.7 Å². The minimum atomic E-state index is -4.59. The van der Waals surface area contributed by atoms with Gasteiger partial charge in [-0.2, -0.15) is 5.09 Å². The predicted octanol–water partition coefficient (Wildman–Crippen LogP) is 5.84. The number of aliphatic hydroxyl groups is 3. The maximum atomic E-state index is 16.4. The average Bonchev–Trinajstić information content (AvgIpc) is 1.60. The Morgan fingerprint density at radius 1 is 0.705 bits per heavy atom. The number of nitrogens with zero attached hydrogens (tertiary/aromatic N) is 10. The number of aromatic nitrogens is 8. The Morgan fingerprint density at radius 3 is 1.63 bits per heavy atom. The SMILES string of the molecule is C#C[C@@]1(F)[C@H](O)[C@@H](COP(=O)(N[C@@H](C)C(=O)OC(C)C)Oc2ccccc2CCC(=O)CO)O[C@H]1n1cnc2c(N(C)C)nc(C)nc21.C#C[C@@]1(F)[C@H](O)[C@@H](COP(=O)(N[C@@H](CC(C)C)C(=O)OC(C)C)OCOC(=O)OC(C)C)O[C@H]1n1cnc2c(N(C)C)nc(C)nc21. The molecular weight excluding hydrogens is 1290 g/mol. The van der Waals surface area contributed by atoms with E-state index in [2.05, 4.69) is 40.1 Å². The van der Waals surface area contributed by atoms with Crippen LogP contribution in [0.4, 0.5) is 25.2 Å². The maximum Gasteiger partial charge on any atom is 0.510 e. The van der Waals surface area contributed by atoms with E-state index >= 15 is 8.78 Å². The molecule has 0 amide bonds. The Hall–Kier alpha value is -7.36. The third kappa shape index (κ3) is 19.0. The minimum absolute atomic E-state index is 0.0237. The summed E-state index contributed by atoms with van der Waals surface area (Å²) in [4.78, 5) is 78.8. The zero-order valence-corrected chi connectivity index (χ0v) is 57.3. The molecule has 2 aliphatic heterocycles. The number of para-hydroxylation sites is 1. The second kappa shape index (κ2) is 32.6. The summed E-state index contributed by atoms with van der Waals surface area (Å²) in [6.45, 7) is 15.1. The van der Waals surface area contributed by atoms with E-state index in [4.69, 9.17) is 64.5 Å². The number of ether oxygens (including phenoxy) is 6. The van der Waals surface area contributed by atoms with Gasteiger partial charge >= 0.3 is 33.6 Å². The quantitative estimate of drug-likeness (QED) is 0.0118. The van der Waals surface area contributed by atoms with Gasteiger partial charge in [0.15, 0.2) is 52.2 Å². The fraction of sp³-hybridized carbons (Fsp3) is 0.600. The lowest BCUT2D eigenvalue weighted by atomic mass is 9.97. The van der Waals surface area contributed by atoms with Gasteiger partial charge in [0, 0.05) is 34.6 Å².